The van der Waals surface area contributed by atoms with Crippen molar-refractivity contribution in [3.63, 3.8) is 0 Å². The van der Waals surface area contributed by atoms with Crippen LogP contribution < -0.4 is 5.32 Å². The lowest BCUT2D eigenvalue weighted by atomic mass is 10.3. The third kappa shape index (κ3) is 4.16. The second-order valence-corrected chi connectivity index (χ2v) is 3.58. The number of hydrogen-bond donors (Lipinski definition) is 1. The average molecular weight is 270 g/mol. The number of hydrogen-bond acceptors (Lipinski definition) is 2. The molecule has 0 fully saturated rings. The standard InChI is InChI=1S/C11H12BrNO2/c1-2-15-8-7-11(14)13-10-6-4-3-5-9(10)12/h3-8H,2H2,1H3,(H,13,14)/b8-7-. The molecule has 1 rings (SSSR count). The molecule has 0 heterocycles. The second-order valence-electron chi connectivity index (χ2n) is 2.73. The monoisotopic (exact) mass is 269 g/mol. The molecule has 1 N–H and O–H groups in total. The summed E-state index contributed by atoms with van der Waals surface area (Å²) in [5.41, 5.74) is 0.739. The van der Waals surface area contributed by atoms with Gasteiger partial charge in [0.25, 0.3) is 5.91 Å². The number of benzene rings is 1. The summed E-state index contributed by atoms with van der Waals surface area (Å²) in [4.78, 5) is 11.3. The molecule has 4 heteroatoms. The van der Waals surface area contributed by atoms with E-state index in [1.54, 1.807) is 0 Å². The summed E-state index contributed by atoms with van der Waals surface area (Å²) in [5.74, 6) is -0.213. The summed E-state index contributed by atoms with van der Waals surface area (Å²) in [6.07, 6.45) is 2.73. The molecule has 0 spiro atoms. The zero-order valence-electron chi connectivity index (χ0n) is 8.37. The SMILES string of the molecule is CCO/C=C\C(=O)Nc1ccccc1Br. The van der Waals surface area contributed by atoms with Crippen LogP contribution in [0.15, 0.2) is 41.1 Å². The summed E-state index contributed by atoms with van der Waals surface area (Å²) in [6.45, 7) is 2.41. The van der Waals surface area contributed by atoms with Crippen LogP contribution in [-0.4, -0.2) is 12.5 Å². The summed E-state index contributed by atoms with van der Waals surface area (Å²) in [6, 6.07) is 7.42. The van der Waals surface area contributed by atoms with E-state index in [0.29, 0.717) is 6.61 Å². The van der Waals surface area contributed by atoms with E-state index in [1.165, 1.54) is 12.3 Å². The first kappa shape index (κ1) is 11.8. The molecule has 15 heavy (non-hydrogen) atoms. The number of para-hydroxylation sites is 1. The first-order valence-electron chi connectivity index (χ1n) is 4.57. The van der Waals surface area contributed by atoms with Crippen molar-refractivity contribution in [2.24, 2.45) is 0 Å². The zero-order valence-corrected chi connectivity index (χ0v) is 9.95. The van der Waals surface area contributed by atoms with Crippen molar-refractivity contribution >= 4 is 27.5 Å². The molecule has 80 valence electrons. The number of carbonyl (C=O) groups excluding carboxylic acids is 1. The normalized spacial score (nSPS) is 10.3. The van der Waals surface area contributed by atoms with E-state index < -0.39 is 0 Å². The van der Waals surface area contributed by atoms with Gasteiger partial charge in [-0.3, -0.25) is 4.79 Å². The highest BCUT2D eigenvalue weighted by Crippen LogP contribution is 2.20. The van der Waals surface area contributed by atoms with E-state index in [0.717, 1.165) is 10.2 Å². The number of ether oxygens (including phenoxy) is 1. The van der Waals surface area contributed by atoms with Gasteiger partial charge in [-0.15, -0.1) is 0 Å². The number of anilines is 1. The van der Waals surface area contributed by atoms with Crippen LogP contribution in [-0.2, 0) is 9.53 Å². The third-order valence-corrected chi connectivity index (χ3v) is 2.31. The lowest BCUT2D eigenvalue weighted by Gasteiger charge is -2.03. The number of carbonyl (C=O) groups is 1. The Bertz CT molecular complexity index is 363. The van der Waals surface area contributed by atoms with Crippen LogP contribution in [0.2, 0.25) is 0 Å². The Hall–Kier alpha value is -1.29. The molecule has 0 saturated heterocycles. The number of halogens is 1. The highest BCUT2D eigenvalue weighted by molar-refractivity contribution is 9.10. The first-order chi connectivity index (χ1) is 7.24. The predicted molar refractivity (Wildman–Crippen MR) is 63.5 cm³/mol. The van der Waals surface area contributed by atoms with Gasteiger partial charge >= 0.3 is 0 Å². The smallest absolute Gasteiger partial charge is 0.251 e. The van der Waals surface area contributed by atoms with Crippen molar-refractivity contribution in [2.75, 3.05) is 11.9 Å². The van der Waals surface area contributed by atoms with Gasteiger partial charge in [-0.1, -0.05) is 12.1 Å². The van der Waals surface area contributed by atoms with Crippen LogP contribution in [0.4, 0.5) is 5.69 Å². The molecule has 0 aromatic heterocycles. The average Bonchev–Trinajstić information content (AvgIpc) is 2.22. The van der Waals surface area contributed by atoms with Gasteiger partial charge in [-0.25, -0.2) is 0 Å². The molecule has 1 amide bonds. The van der Waals surface area contributed by atoms with Crippen LogP contribution in [0.3, 0.4) is 0 Å². The van der Waals surface area contributed by atoms with Gasteiger partial charge in [-0.05, 0) is 35.0 Å². The molecular weight excluding hydrogens is 258 g/mol. The van der Waals surface area contributed by atoms with Crippen molar-refractivity contribution in [1.82, 2.24) is 0 Å². The summed E-state index contributed by atoms with van der Waals surface area (Å²) in [7, 11) is 0. The third-order valence-electron chi connectivity index (χ3n) is 1.61. The van der Waals surface area contributed by atoms with E-state index in [4.69, 9.17) is 4.74 Å². The zero-order chi connectivity index (χ0) is 11.1. The summed E-state index contributed by atoms with van der Waals surface area (Å²) in [5, 5.41) is 2.72. The lowest BCUT2D eigenvalue weighted by Crippen LogP contribution is -2.08. The molecule has 1 aromatic rings. The summed E-state index contributed by atoms with van der Waals surface area (Å²) >= 11 is 3.34. The van der Waals surface area contributed by atoms with E-state index in [9.17, 15) is 4.79 Å². The fourth-order valence-electron chi connectivity index (χ4n) is 0.943. The van der Waals surface area contributed by atoms with Gasteiger partial charge in [0.2, 0.25) is 0 Å². The van der Waals surface area contributed by atoms with Crippen LogP contribution in [0, 0.1) is 0 Å². The molecular formula is C11H12BrNO2. The Labute approximate surface area is 97.3 Å². The van der Waals surface area contributed by atoms with Crippen LogP contribution in [0.25, 0.3) is 0 Å². The minimum Gasteiger partial charge on any atom is -0.501 e. The number of rotatable bonds is 4. The first-order valence-corrected chi connectivity index (χ1v) is 5.37. The maximum absolute atomic E-state index is 11.3. The van der Waals surface area contributed by atoms with E-state index in [1.807, 2.05) is 31.2 Å². The molecule has 1 aromatic carbocycles. The highest BCUT2D eigenvalue weighted by atomic mass is 79.9. The second kappa shape index (κ2) is 6.24. The van der Waals surface area contributed by atoms with Crippen LogP contribution in [0.5, 0.6) is 0 Å². The molecule has 0 unspecified atom stereocenters. The molecule has 3 nitrogen and oxygen atoms in total. The minimum absolute atomic E-state index is 0.213. The predicted octanol–water partition coefficient (Wildman–Crippen LogP) is 2.94. The van der Waals surface area contributed by atoms with Gasteiger partial charge in [0, 0.05) is 10.5 Å². The van der Waals surface area contributed by atoms with Gasteiger partial charge in [0.1, 0.15) is 0 Å². The number of nitrogens with one attached hydrogen (secondary N) is 1. The maximum Gasteiger partial charge on any atom is 0.251 e. The van der Waals surface area contributed by atoms with Gasteiger partial charge < -0.3 is 10.1 Å². The van der Waals surface area contributed by atoms with Gasteiger partial charge in [-0.2, -0.15) is 0 Å². The van der Waals surface area contributed by atoms with Crippen molar-refractivity contribution < 1.29 is 9.53 Å². The van der Waals surface area contributed by atoms with Crippen molar-refractivity contribution in [2.45, 2.75) is 6.92 Å². The lowest BCUT2D eigenvalue weighted by molar-refractivity contribution is -0.112. The Morgan fingerprint density at radius 2 is 2.27 bits per heavy atom. The Morgan fingerprint density at radius 3 is 2.93 bits per heavy atom. The molecule has 0 bridgehead atoms. The quantitative estimate of drug-likeness (QED) is 0.674. The van der Waals surface area contributed by atoms with Crippen LogP contribution >= 0.6 is 15.9 Å². The Kier molecular flexibility index (Phi) is 4.90. The fraction of sp³-hybridized carbons (Fsp3) is 0.182. The number of amides is 1. The highest BCUT2D eigenvalue weighted by Gasteiger charge is 2.00. The molecule has 0 aliphatic heterocycles. The molecule has 0 aliphatic carbocycles. The Morgan fingerprint density at radius 1 is 1.53 bits per heavy atom. The molecule has 0 saturated carbocycles. The topological polar surface area (TPSA) is 38.3 Å². The maximum atomic E-state index is 11.3. The fourth-order valence-corrected chi connectivity index (χ4v) is 1.33. The van der Waals surface area contributed by atoms with Gasteiger partial charge in [0.15, 0.2) is 0 Å². The minimum atomic E-state index is -0.213. The summed E-state index contributed by atoms with van der Waals surface area (Å²) < 4.78 is 5.77. The van der Waals surface area contributed by atoms with Gasteiger partial charge in [0.05, 0.1) is 18.6 Å². The van der Waals surface area contributed by atoms with Crippen molar-refractivity contribution in [3.05, 3.63) is 41.1 Å². The van der Waals surface area contributed by atoms with Crippen molar-refractivity contribution in [3.8, 4) is 0 Å². The van der Waals surface area contributed by atoms with Crippen LogP contribution in [0.1, 0.15) is 6.92 Å². The van der Waals surface area contributed by atoms with Crippen molar-refractivity contribution in [1.29, 1.82) is 0 Å². The van der Waals surface area contributed by atoms with E-state index in [-0.39, 0.29) is 5.91 Å². The molecule has 0 radical (unpaired) electrons. The Balaban J connectivity index is 2.55. The molecule has 0 aliphatic rings. The molecule has 0 atom stereocenters. The van der Waals surface area contributed by atoms with E-state index in [2.05, 4.69) is 21.2 Å². The van der Waals surface area contributed by atoms with E-state index >= 15 is 0 Å². The largest absolute Gasteiger partial charge is 0.501 e.